The van der Waals surface area contributed by atoms with E-state index in [4.69, 9.17) is 5.73 Å². The van der Waals surface area contributed by atoms with E-state index in [9.17, 15) is 9.90 Å². The first kappa shape index (κ1) is 13.5. The molecule has 0 aliphatic rings. The zero-order valence-corrected chi connectivity index (χ0v) is 10.6. The molecule has 0 bridgehead atoms. The van der Waals surface area contributed by atoms with Crippen molar-refractivity contribution in [2.75, 3.05) is 12.3 Å². The molecule has 0 saturated heterocycles. The maximum atomic E-state index is 12.0. The fourth-order valence-corrected chi connectivity index (χ4v) is 1.37. The molecule has 4 heteroatoms. The van der Waals surface area contributed by atoms with Crippen LogP contribution >= 0.6 is 0 Å². The second-order valence-electron chi connectivity index (χ2n) is 4.60. The van der Waals surface area contributed by atoms with E-state index in [0.717, 1.165) is 5.56 Å². The van der Waals surface area contributed by atoms with Crippen LogP contribution in [0.4, 0.5) is 5.69 Å². The van der Waals surface area contributed by atoms with Crippen molar-refractivity contribution in [2.24, 2.45) is 0 Å². The van der Waals surface area contributed by atoms with Gasteiger partial charge >= 0.3 is 0 Å². The van der Waals surface area contributed by atoms with Crippen LogP contribution in [0.25, 0.3) is 0 Å². The molecule has 0 saturated carbocycles. The smallest absolute Gasteiger partial charge is 0.251 e. The summed E-state index contributed by atoms with van der Waals surface area (Å²) in [6.45, 7) is 5.53. The number of aliphatic hydroxyl groups is 1. The quantitative estimate of drug-likeness (QED) is 0.693. The molecule has 0 radical (unpaired) electrons. The summed E-state index contributed by atoms with van der Waals surface area (Å²) in [7, 11) is 0. The van der Waals surface area contributed by atoms with Crippen LogP contribution in [0.3, 0.4) is 0 Å². The lowest BCUT2D eigenvalue weighted by Gasteiger charge is -2.27. The molecule has 1 aromatic rings. The van der Waals surface area contributed by atoms with Crippen LogP contribution in [0.5, 0.6) is 0 Å². The van der Waals surface area contributed by atoms with E-state index >= 15 is 0 Å². The second kappa shape index (κ2) is 5.19. The molecule has 0 aliphatic carbocycles. The van der Waals surface area contributed by atoms with Gasteiger partial charge in [-0.15, -0.1) is 0 Å². The lowest BCUT2D eigenvalue weighted by molar-refractivity contribution is 0.0847. The van der Waals surface area contributed by atoms with Crippen LogP contribution in [0.2, 0.25) is 0 Å². The van der Waals surface area contributed by atoms with Crippen LogP contribution in [0, 0.1) is 6.92 Å². The first-order chi connectivity index (χ1) is 7.91. The molecular weight excluding hydrogens is 216 g/mol. The zero-order chi connectivity index (χ0) is 13.1. The van der Waals surface area contributed by atoms with Crippen LogP contribution in [-0.2, 0) is 0 Å². The Bertz CT molecular complexity index is 412. The molecular formula is C13H20N2O2. The van der Waals surface area contributed by atoms with Gasteiger partial charge in [-0.3, -0.25) is 4.79 Å². The number of aliphatic hydroxyl groups excluding tert-OH is 1. The van der Waals surface area contributed by atoms with Gasteiger partial charge < -0.3 is 16.2 Å². The molecule has 1 rings (SSSR count). The van der Waals surface area contributed by atoms with E-state index < -0.39 is 5.54 Å². The molecule has 17 heavy (non-hydrogen) atoms. The third-order valence-electron chi connectivity index (χ3n) is 3.09. The Labute approximate surface area is 102 Å². The van der Waals surface area contributed by atoms with Crippen LogP contribution in [0.1, 0.15) is 36.2 Å². The molecule has 1 unspecified atom stereocenters. The van der Waals surface area contributed by atoms with Crippen LogP contribution in [0.15, 0.2) is 18.2 Å². The van der Waals surface area contributed by atoms with Gasteiger partial charge in [-0.05, 0) is 38.0 Å². The Morgan fingerprint density at radius 2 is 2.18 bits per heavy atom. The van der Waals surface area contributed by atoms with E-state index in [-0.39, 0.29) is 12.5 Å². The van der Waals surface area contributed by atoms with E-state index in [1.54, 1.807) is 12.1 Å². The molecule has 0 heterocycles. The number of aryl methyl sites for hydroxylation is 1. The highest BCUT2D eigenvalue weighted by Gasteiger charge is 2.23. The van der Waals surface area contributed by atoms with Gasteiger partial charge in [0, 0.05) is 11.3 Å². The minimum Gasteiger partial charge on any atom is -0.398 e. The van der Waals surface area contributed by atoms with E-state index in [2.05, 4.69) is 5.32 Å². The second-order valence-corrected chi connectivity index (χ2v) is 4.60. The largest absolute Gasteiger partial charge is 0.398 e. The Balaban J connectivity index is 2.86. The van der Waals surface area contributed by atoms with Crippen molar-refractivity contribution in [3.8, 4) is 0 Å². The number of hydrogen-bond donors (Lipinski definition) is 3. The highest BCUT2D eigenvalue weighted by atomic mass is 16.3. The highest BCUT2D eigenvalue weighted by molar-refractivity contribution is 5.95. The van der Waals surface area contributed by atoms with Gasteiger partial charge in [0.2, 0.25) is 0 Å². The predicted molar refractivity (Wildman–Crippen MR) is 68.8 cm³/mol. The van der Waals surface area contributed by atoms with Gasteiger partial charge in [0.15, 0.2) is 0 Å². The van der Waals surface area contributed by atoms with Gasteiger partial charge in [-0.25, -0.2) is 0 Å². The monoisotopic (exact) mass is 236 g/mol. The van der Waals surface area contributed by atoms with E-state index in [0.29, 0.717) is 17.7 Å². The minimum absolute atomic E-state index is 0.0867. The first-order valence-corrected chi connectivity index (χ1v) is 5.71. The fourth-order valence-electron chi connectivity index (χ4n) is 1.37. The molecule has 1 amide bonds. The van der Waals surface area contributed by atoms with Crippen molar-refractivity contribution in [1.29, 1.82) is 0 Å². The maximum absolute atomic E-state index is 12.0. The predicted octanol–water partition coefficient (Wildman–Crippen LogP) is 1.47. The number of nitrogen functional groups attached to an aromatic ring is 1. The van der Waals surface area contributed by atoms with Crippen molar-refractivity contribution in [3.63, 3.8) is 0 Å². The summed E-state index contributed by atoms with van der Waals surface area (Å²) < 4.78 is 0. The molecule has 94 valence electrons. The molecule has 4 N–H and O–H groups in total. The number of amides is 1. The molecule has 0 aliphatic heterocycles. The average molecular weight is 236 g/mol. The molecule has 1 aromatic carbocycles. The number of rotatable bonds is 4. The van der Waals surface area contributed by atoms with Crippen molar-refractivity contribution in [3.05, 3.63) is 29.3 Å². The molecule has 1 atom stereocenters. The lowest BCUT2D eigenvalue weighted by atomic mass is 9.99. The van der Waals surface area contributed by atoms with Gasteiger partial charge in [-0.1, -0.05) is 13.0 Å². The SMILES string of the molecule is CCC(C)(CO)NC(=O)c1ccc(C)c(N)c1. The molecule has 0 aromatic heterocycles. The Morgan fingerprint density at radius 3 is 2.65 bits per heavy atom. The lowest BCUT2D eigenvalue weighted by Crippen LogP contribution is -2.48. The number of benzene rings is 1. The standard InChI is InChI=1S/C13H20N2O2/c1-4-13(3,8-16)15-12(17)10-6-5-9(2)11(14)7-10/h5-7,16H,4,8,14H2,1-3H3,(H,15,17). The first-order valence-electron chi connectivity index (χ1n) is 5.71. The van der Waals surface area contributed by atoms with Crippen LogP contribution < -0.4 is 11.1 Å². The summed E-state index contributed by atoms with van der Waals surface area (Å²) in [5.41, 5.74) is 7.23. The normalized spacial score (nSPS) is 14.1. The minimum atomic E-state index is -0.587. The summed E-state index contributed by atoms with van der Waals surface area (Å²) in [4.78, 5) is 12.0. The van der Waals surface area contributed by atoms with Crippen molar-refractivity contribution in [1.82, 2.24) is 5.32 Å². The van der Waals surface area contributed by atoms with E-state index in [1.165, 1.54) is 0 Å². The maximum Gasteiger partial charge on any atom is 0.251 e. The van der Waals surface area contributed by atoms with Gasteiger partial charge in [0.05, 0.1) is 12.1 Å². The van der Waals surface area contributed by atoms with Gasteiger partial charge in [0.25, 0.3) is 5.91 Å². The van der Waals surface area contributed by atoms with E-state index in [1.807, 2.05) is 26.8 Å². The fraction of sp³-hybridized carbons (Fsp3) is 0.462. The Hall–Kier alpha value is -1.55. The summed E-state index contributed by atoms with van der Waals surface area (Å²) in [6, 6.07) is 5.19. The Morgan fingerprint density at radius 1 is 1.53 bits per heavy atom. The summed E-state index contributed by atoms with van der Waals surface area (Å²) in [5, 5.41) is 12.1. The number of carbonyl (C=O) groups is 1. The average Bonchev–Trinajstić information content (AvgIpc) is 2.32. The molecule has 0 fully saturated rings. The number of nitrogens with one attached hydrogen (secondary N) is 1. The van der Waals surface area contributed by atoms with Crippen LogP contribution in [-0.4, -0.2) is 23.2 Å². The topological polar surface area (TPSA) is 75.3 Å². The number of nitrogens with two attached hydrogens (primary N) is 1. The summed E-state index contributed by atoms with van der Waals surface area (Å²) >= 11 is 0. The number of anilines is 1. The zero-order valence-electron chi connectivity index (χ0n) is 10.6. The summed E-state index contributed by atoms with van der Waals surface area (Å²) in [5.74, 6) is -0.213. The highest BCUT2D eigenvalue weighted by Crippen LogP contribution is 2.15. The number of hydrogen-bond acceptors (Lipinski definition) is 3. The third-order valence-corrected chi connectivity index (χ3v) is 3.09. The number of carbonyl (C=O) groups excluding carboxylic acids is 1. The van der Waals surface area contributed by atoms with Gasteiger partial charge in [0.1, 0.15) is 0 Å². The van der Waals surface area contributed by atoms with Crippen molar-refractivity contribution < 1.29 is 9.90 Å². The third kappa shape index (κ3) is 3.20. The Kier molecular flexibility index (Phi) is 4.12. The van der Waals surface area contributed by atoms with Gasteiger partial charge in [-0.2, -0.15) is 0 Å². The molecule has 4 nitrogen and oxygen atoms in total. The summed E-state index contributed by atoms with van der Waals surface area (Å²) in [6.07, 6.45) is 0.663. The van der Waals surface area contributed by atoms with Crippen molar-refractivity contribution >= 4 is 11.6 Å². The molecule has 0 spiro atoms. The van der Waals surface area contributed by atoms with Crippen molar-refractivity contribution in [2.45, 2.75) is 32.7 Å².